The molecule has 43 heteroatoms. The molecule has 2 aromatic carbocycles. The molecule has 1 unspecified atom stereocenters. The number of aliphatic hydroxyl groups is 4. The van der Waals surface area contributed by atoms with Crippen LogP contribution in [0.2, 0.25) is 0 Å². The first-order valence-electron chi connectivity index (χ1n) is 34.1. The molecule has 0 spiro atoms. The number of amides is 11. The highest BCUT2D eigenvalue weighted by Gasteiger charge is 2.45. The maximum Gasteiger partial charge on any atom is 0.490 e. The number of halogens is 6. The molecule has 1 saturated heterocycles. The van der Waals surface area contributed by atoms with Gasteiger partial charge >= 0.3 is 30.3 Å². The highest BCUT2D eigenvalue weighted by atomic mass is 19.4. The fourth-order valence-electron chi connectivity index (χ4n) is 9.74. The number of benzene rings is 2. The first-order valence-corrected chi connectivity index (χ1v) is 34.1. The van der Waals surface area contributed by atoms with E-state index in [9.17, 15) is 89.9 Å². The van der Waals surface area contributed by atoms with Gasteiger partial charge in [0, 0.05) is 6.54 Å². The maximum absolute atomic E-state index is 15.5. The summed E-state index contributed by atoms with van der Waals surface area (Å²) in [6.07, 6.45) is -18.4. The topological polar surface area (TPSA) is 616 Å². The molecule has 1 aliphatic rings. The highest BCUT2D eigenvalue weighted by Crippen LogP contribution is 2.26. The van der Waals surface area contributed by atoms with Crippen LogP contribution in [0.15, 0.2) is 65.7 Å². The number of hydrogen-bond donors (Lipinski definition) is 20. The summed E-state index contributed by atoms with van der Waals surface area (Å²) in [5.41, 5.74) is 22.9. The number of carboxylic acid groups (broad SMARTS) is 2. The Bertz CT molecular complexity index is 3420. The van der Waals surface area contributed by atoms with Gasteiger partial charge in [-0.3, -0.25) is 57.7 Å². The SMILES string of the molecule is CC[C@H](C)C1NC(=O)[C@@H](CCCN=C(N)N)NC(=O)[C@H](CC(C)C)NC(=O)[C@H]([C@H](O)C(C)C)NC(=O)[C@@H](NC(=O)[C@H](COCc2ccccc2)NC(=O)[C@H](N)CC(C)(C)C)[C@@H](c2ccccc2)OC(=O)[C@H](CO)NC(=O)[C@H]([C@H](O)C(N)=O)NC(=O)CNC(=O)[C@H]([C@H](C)O)NC1=O.O=C(O)C(F)(F)F.O=C(O)C(F)(F)F. The summed E-state index contributed by atoms with van der Waals surface area (Å²) in [7, 11) is 0. The van der Waals surface area contributed by atoms with E-state index >= 15 is 14.4 Å². The van der Waals surface area contributed by atoms with E-state index < -0.39 is 223 Å². The van der Waals surface area contributed by atoms with Crippen molar-refractivity contribution in [1.29, 1.82) is 0 Å². The van der Waals surface area contributed by atoms with Crippen molar-refractivity contribution in [2.24, 2.45) is 51.1 Å². The van der Waals surface area contributed by atoms with E-state index in [0.717, 1.165) is 6.92 Å². The standard InChI is InChI=1S/C63H99N15O18.2C2HF3O2/c1-11-33(6)43-57(90)76-44(34(7)80)56(89)69-27-42(81)74-46(49(83)51(65)84)59(92)72-40(28-79)61(94)96-50(36-21-16-13-17-22-36)47(78-55(88)41(30-95-29-35-19-14-12-15-20-35)73-52(85)37(64)26-63(8,9)10)60(93)77-45(48(82)32(4)5)58(91)71-39(25-31(2)3)54(87)70-38(53(86)75-43)23-18-24-68-62(66)67;2*3-2(4,5)1(6)7/h12-17,19-22,31-34,37-41,43-50,79-80,82-83H,11,18,23-30,64H2,1-10H3,(H2,65,84)(H,69,89)(H,70,87)(H,71,91)(H,72,92)(H,73,85)(H,74,81)(H,75,86)(H,76,90)(H,77,93)(H,78,88)(H4,66,67,68);2*(H,6,7)/t33-,34-,37+,38+,39-,40-,41-,43?,44-,45-,46-,47-,48+,49-,50+;;/m0../s1. The molecule has 0 aromatic heterocycles. The average Bonchev–Trinajstić information content (AvgIpc) is 0.811. The second-order valence-corrected chi connectivity index (χ2v) is 27.2. The molecule has 24 N–H and O–H groups in total. The van der Waals surface area contributed by atoms with Gasteiger partial charge in [-0.1, -0.05) is 129 Å². The van der Waals surface area contributed by atoms with Gasteiger partial charge < -0.3 is 116 Å². The van der Waals surface area contributed by atoms with Crippen LogP contribution in [0.4, 0.5) is 26.3 Å². The lowest BCUT2D eigenvalue weighted by atomic mass is 9.88. The number of rotatable bonds is 24. The number of esters is 1. The fraction of sp³-hybridized carbons (Fsp3) is 0.597. The second kappa shape index (κ2) is 46.2. The summed E-state index contributed by atoms with van der Waals surface area (Å²) >= 11 is 0. The number of ether oxygens (including phenoxy) is 2. The Balaban J connectivity index is 0.00000391. The number of primary amides is 1. The van der Waals surface area contributed by atoms with E-state index in [1.807, 2.05) is 31.4 Å². The smallest absolute Gasteiger partial charge is 0.475 e. The molecule has 0 aliphatic carbocycles. The number of guanidine groups is 1. The highest BCUT2D eigenvalue weighted by molar-refractivity contribution is 6.00. The summed E-state index contributed by atoms with van der Waals surface area (Å²) in [4.78, 5) is 193. The van der Waals surface area contributed by atoms with Gasteiger partial charge in [-0.05, 0) is 66.9 Å². The Kier molecular flexibility index (Phi) is 41.0. The molecule has 0 radical (unpaired) electrons. The molecule has 3 rings (SSSR count). The van der Waals surface area contributed by atoms with Crippen LogP contribution >= 0.6 is 0 Å². The number of nitrogens with one attached hydrogen (secondary N) is 10. The Labute approximate surface area is 628 Å². The normalized spacial score (nSPS) is 22.3. The van der Waals surface area contributed by atoms with Gasteiger partial charge in [0.15, 0.2) is 24.2 Å². The predicted molar refractivity (Wildman–Crippen MR) is 375 cm³/mol. The Morgan fingerprint density at radius 2 is 1.14 bits per heavy atom. The number of cyclic esters (lactones) is 1. The number of aliphatic imine (C=N–C) groups is 1. The quantitative estimate of drug-likeness (QED) is 0.0159. The lowest BCUT2D eigenvalue weighted by Gasteiger charge is -2.33. The van der Waals surface area contributed by atoms with E-state index in [-0.39, 0.29) is 56.8 Å². The third-order valence-corrected chi connectivity index (χ3v) is 15.7. The van der Waals surface area contributed by atoms with E-state index in [2.05, 4.69) is 47.5 Å². The molecule has 15 atom stereocenters. The minimum atomic E-state index is -5.08. The zero-order valence-corrected chi connectivity index (χ0v) is 61.9. The molecule has 110 heavy (non-hydrogen) atoms. The van der Waals surface area contributed by atoms with E-state index in [0.29, 0.717) is 5.56 Å². The minimum absolute atomic E-state index is 0.0350. The van der Waals surface area contributed by atoms with Crippen LogP contribution in [-0.2, 0) is 83.2 Å². The van der Waals surface area contributed by atoms with Gasteiger partial charge in [0.25, 0.3) is 0 Å². The number of carbonyl (C=O) groups excluding carboxylic acids is 12. The number of aliphatic hydroxyl groups excluding tert-OH is 4. The number of alkyl halides is 6. The van der Waals surface area contributed by atoms with Crippen molar-refractivity contribution in [2.75, 3.05) is 26.3 Å². The van der Waals surface area contributed by atoms with Crippen LogP contribution in [-0.4, -0.2) is 237 Å². The van der Waals surface area contributed by atoms with Crippen molar-refractivity contribution in [3.05, 3.63) is 71.8 Å². The molecule has 0 saturated carbocycles. The first kappa shape index (κ1) is 97.6. The Morgan fingerprint density at radius 3 is 1.62 bits per heavy atom. The molecule has 1 fully saturated rings. The van der Waals surface area contributed by atoms with Gasteiger partial charge in [-0.2, -0.15) is 26.3 Å². The van der Waals surface area contributed by atoms with Crippen molar-refractivity contribution < 1.29 is 134 Å². The van der Waals surface area contributed by atoms with Gasteiger partial charge in [-0.25, -0.2) is 14.4 Å². The summed E-state index contributed by atoms with van der Waals surface area (Å²) < 4.78 is 75.4. The number of hydrogen-bond acceptors (Lipinski definition) is 22. The van der Waals surface area contributed by atoms with Crippen LogP contribution in [0.3, 0.4) is 0 Å². The molecule has 1 heterocycles. The number of nitrogens with two attached hydrogens (primary N) is 4. The van der Waals surface area contributed by atoms with Crippen LogP contribution in [0.1, 0.15) is 119 Å². The van der Waals surface area contributed by atoms with Crippen LogP contribution in [0.25, 0.3) is 0 Å². The number of aliphatic carboxylic acids is 2. The third kappa shape index (κ3) is 35.3. The fourth-order valence-corrected chi connectivity index (χ4v) is 9.74. The van der Waals surface area contributed by atoms with Crippen LogP contribution < -0.4 is 76.1 Å². The Morgan fingerprint density at radius 1 is 0.645 bits per heavy atom. The second-order valence-electron chi connectivity index (χ2n) is 27.2. The Hall–Kier alpha value is -10.4. The van der Waals surface area contributed by atoms with Crippen molar-refractivity contribution in [3.8, 4) is 0 Å². The van der Waals surface area contributed by atoms with Crippen LogP contribution in [0.5, 0.6) is 0 Å². The largest absolute Gasteiger partial charge is 0.490 e. The van der Waals surface area contributed by atoms with Gasteiger partial charge in [0.2, 0.25) is 65.0 Å². The molecular weight excluding hydrogens is 1480 g/mol. The van der Waals surface area contributed by atoms with E-state index in [1.54, 1.807) is 58.0 Å². The van der Waals surface area contributed by atoms with E-state index in [1.165, 1.54) is 44.2 Å². The lowest BCUT2D eigenvalue weighted by molar-refractivity contribution is -0.193. The molecule has 2 aromatic rings. The first-order chi connectivity index (χ1) is 50.9. The lowest BCUT2D eigenvalue weighted by Crippen LogP contribution is -2.64. The van der Waals surface area contributed by atoms with Crippen molar-refractivity contribution in [2.45, 2.75) is 205 Å². The van der Waals surface area contributed by atoms with Crippen molar-refractivity contribution in [3.63, 3.8) is 0 Å². The van der Waals surface area contributed by atoms with Gasteiger partial charge in [-0.15, -0.1) is 0 Å². The monoisotopic (exact) mass is 1580 g/mol. The predicted octanol–water partition coefficient (Wildman–Crippen LogP) is -3.61. The summed E-state index contributed by atoms with van der Waals surface area (Å²) in [5, 5.41) is 82.5. The summed E-state index contributed by atoms with van der Waals surface area (Å²) in [5.74, 6) is -22.8. The van der Waals surface area contributed by atoms with Gasteiger partial charge in [0.05, 0.1) is 44.6 Å². The number of carboxylic acids is 2. The molecule has 618 valence electrons. The number of carbonyl (C=O) groups is 14. The molecule has 11 amide bonds. The van der Waals surface area contributed by atoms with Gasteiger partial charge in [0.1, 0.15) is 48.3 Å². The van der Waals surface area contributed by atoms with Crippen LogP contribution in [0, 0.1) is 23.2 Å². The summed E-state index contributed by atoms with van der Waals surface area (Å²) in [6, 6.07) is -2.78. The maximum atomic E-state index is 15.5. The molecule has 0 bridgehead atoms. The number of nitrogens with zero attached hydrogens (tertiary/aromatic N) is 1. The molecular formula is C67H101F6N15O22. The molecule has 1 aliphatic heterocycles. The summed E-state index contributed by atoms with van der Waals surface area (Å²) in [6.45, 7) is 12.9. The average molecular weight is 1580 g/mol. The molecule has 37 nitrogen and oxygen atoms in total. The minimum Gasteiger partial charge on any atom is -0.475 e. The van der Waals surface area contributed by atoms with Crippen molar-refractivity contribution >= 4 is 88.8 Å². The third-order valence-electron chi connectivity index (χ3n) is 15.7. The zero-order chi connectivity index (χ0) is 84.5. The zero-order valence-electron chi connectivity index (χ0n) is 61.9. The van der Waals surface area contributed by atoms with E-state index in [4.69, 9.17) is 52.2 Å². The van der Waals surface area contributed by atoms with Crippen molar-refractivity contribution in [1.82, 2.24) is 53.2 Å².